The second kappa shape index (κ2) is 7.47. The summed E-state index contributed by atoms with van der Waals surface area (Å²) < 4.78 is 9.97. The molecule has 0 bridgehead atoms. The van der Waals surface area contributed by atoms with Crippen LogP contribution in [0.2, 0.25) is 0 Å². The van der Waals surface area contributed by atoms with E-state index in [9.17, 15) is 4.79 Å². The first-order valence-electron chi connectivity index (χ1n) is 8.75. The number of aromatic nitrogens is 1. The van der Waals surface area contributed by atoms with Crippen molar-refractivity contribution >= 4 is 11.5 Å². The second-order valence-electron chi connectivity index (χ2n) is 6.09. The average Bonchev–Trinajstić information content (AvgIpc) is 3.07. The Morgan fingerprint density at radius 2 is 2.00 bits per heavy atom. The summed E-state index contributed by atoms with van der Waals surface area (Å²) in [7, 11) is 0. The van der Waals surface area contributed by atoms with Crippen molar-refractivity contribution in [2.24, 2.45) is 0 Å². The molecule has 24 heavy (non-hydrogen) atoms. The molecular formula is C20H25N2O2+. The lowest BCUT2D eigenvalue weighted by Gasteiger charge is -2.18. The molecule has 0 N–H and O–H groups in total. The van der Waals surface area contributed by atoms with Gasteiger partial charge < -0.3 is 9.30 Å². The Bertz CT molecular complexity index is 741. The first kappa shape index (κ1) is 16.5. The largest absolute Gasteiger partial charge is 0.494 e. The van der Waals surface area contributed by atoms with Crippen LogP contribution in [-0.4, -0.2) is 40.3 Å². The summed E-state index contributed by atoms with van der Waals surface area (Å²) >= 11 is 0. The standard InChI is InChI=1S/C20H25N2O2/c1-3-6-18-19-7-5-12-21(19)13-14-22(18)15-20(23)16-8-10-17(11-9-16)24-4-2/h5,7-12H,3-4,6,13-15H2,1-2H3/q+1. The number of ketones is 1. The van der Waals surface area contributed by atoms with Gasteiger partial charge in [-0.15, -0.1) is 0 Å². The second-order valence-corrected chi connectivity index (χ2v) is 6.09. The van der Waals surface area contributed by atoms with Gasteiger partial charge in [-0.05, 0) is 49.7 Å². The molecule has 1 aromatic carbocycles. The fourth-order valence-corrected chi connectivity index (χ4v) is 3.26. The van der Waals surface area contributed by atoms with Crippen molar-refractivity contribution in [3.05, 3.63) is 53.9 Å². The highest BCUT2D eigenvalue weighted by molar-refractivity contribution is 5.99. The number of carbonyl (C=O) groups excluding carboxylic acids is 1. The molecule has 0 amide bonds. The molecule has 3 rings (SSSR count). The summed E-state index contributed by atoms with van der Waals surface area (Å²) in [6.07, 6.45) is 4.20. The Balaban J connectivity index is 1.80. The number of rotatable bonds is 7. The van der Waals surface area contributed by atoms with Gasteiger partial charge >= 0.3 is 0 Å². The zero-order valence-corrected chi connectivity index (χ0v) is 14.5. The Labute approximate surface area is 143 Å². The third kappa shape index (κ3) is 3.42. The van der Waals surface area contributed by atoms with Crippen LogP contribution in [0.4, 0.5) is 0 Å². The molecule has 0 radical (unpaired) electrons. The number of benzene rings is 1. The zero-order valence-electron chi connectivity index (χ0n) is 14.5. The smallest absolute Gasteiger partial charge is 0.227 e. The van der Waals surface area contributed by atoms with Gasteiger partial charge in [-0.3, -0.25) is 4.79 Å². The number of nitrogens with zero attached hydrogens (tertiary/aromatic N) is 2. The van der Waals surface area contributed by atoms with E-state index in [-0.39, 0.29) is 5.78 Å². The van der Waals surface area contributed by atoms with Gasteiger partial charge in [0, 0.05) is 18.2 Å². The molecule has 2 heterocycles. The van der Waals surface area contributed by atoms with Gasteiger partial charge in [-0.2, -0.15) is 0 Å². The Kier molecular flexibility index (Phi) is 5.14. The Morgan fingerprint density at radius 3 is 2.71 bits per heavy atom. The minimum atomic E-state index is 0.159. The predicted octanol–water partition coefficient (Wildman–Crippen LogP) is 3.39. The van der Waals surface area contributed by atoms with Crippen LogP contribution >= 0.6 is 0 Å². The molecule has 0 saturated heterocycles. The number of hydrogen-bond acceptors (Lipinski definition) is 2. The summed E-state index contributed by atoms with van der Waals surface area (Å²) in [6, 6.07) is 11.7. The minimum Gasteiger partial charge on any atom is -0.494 e. The molecule has 4 heteroatoms. The molecule has 1 aromatic heterocycles. The van der Waals surface area contributed by atoms with Crippen LogP contribution < -0.4 is 4.74 Å². The first-order valence-corrected chi connectivity index (χ1v) is 8.75. The van der Waals surface area contributed by atoms with Crippen LogP contribution in [0.15, 0.2) is 42.6 Å². The van der Waals surface area contributed by atoms with Gasteiger partial charge in [0.05, 0.1) is 13.2 Å². The van der Waals surface area contributed by atoms with Gasteiger partial charge in [0.2, 0.25) is 12.3 Å². The topological polar surface area (TPSA) is 34.2 Å². The molecule has 1 aliphatic rings. The van der Waals surface area contributed by atoms with Gasteiger partial charge in [0.1, 0.15) is 11.4 Å². The first-order chi connectivity index (χ1) is 11.7. The SMILES string of the molecule is CCCC1=[N+](CC(=O)c2ccc(OCC)cc2)CCn2cccc21. The van der Waals surface area contributed by atoms with E-state index in [4.69, 9.17) is 4.74 Å². The van der Waals surface area contributed by atoms with Crippen LogP contribution in [0.3, 0.4) is 0 Å². The van der Waals surface area contributed by atoms with Crippen LogP contribution in [0.1, 0.15) is 42.7 Å². The van der Waals surface area contributed by atoms with E-state index < -0.39 is 0 Å². The van der Waals surface area contributed by atoms with Crippen molar-refractivity contribution in [2.45, 2.75) is 33.2 Å². The normalized spacial score (nSPS) is 13.8. The summed E-state index contributed by atoms with van der Waals surface area (Å²) in [4.78, 5) is 12.7. The van der Waals surface area contributed by atoms with E-state index in [1.54, 1.807) is 0 Å². The number of carbonyl (C=O) groups is 1. The van der Waals surface area contributed by atoms with Crippen molar-refractivity contribution in [2.75, 3.05) is 19.7 Å². The van der Waals surface area contributed by atoms with E-state index in [1.165, 1.54) is 11.4 Å². The lowest BCUT2D eigenvalue weighted by atomic mass is 10.1. The minimum absolute atomic E-state index is 0.159. The highest BCUT2D eigenvalue weighted by Gasteiger charge is 2.26. The van der Waals surface area contributed by atoms with Crippen molar-refractivity contribution in [1.29, 1.82) is 0 Å². The lowest BCUT2D eigenvalue weighted by molar-refractivity contribution is -0.519. The van der Waals surface area contributed by atoms with Crippen molar-refractivity contribution in [1.82, 2.24) is 4.57 Å². The summed E-state index contributed by atoms with van der Waals surface area (Å²) in [5.41, 5.74) is 3.28. The molecule has 0 atom stereocenters. The van der Waals surface area contributed by atoms with Crippen LogP contribution in [0, 0.1) is 0 Å². The lowest BCUT2D eigenvalue weighted by Crippen LogP contribution is -2.36. The highest BCUT2D eigenvalue weighted by atomic mass is 16.5. The predicted molar refractivity (Wildman–Crippen MR) is 95.4 cm³/mol. The molecule has 0 saturated carbocycles. The Morgan fingerprint density at radius 1 is 1.21 bits per heavy atom. The highest BCUT2D eigenvalue weighted by Crippen LogP contribution is 2.15. The third-order valence-corrected chi connectivity index (χ3v) is 4.43. The average molecular weight is 325 g/mol. The monoisotopic (exact) mass is 325 g/mol. The third-order valence-electron chi connectivity index (χ3n) is 4.43. The molecule has 4 nitrogen and oxygen atoms in total. The maximum absolute atomic E-state index is 12.7. The van der Waals surface area contributed by atoms with Crippen molar-refractivity contribution < 1.29 is 14.1 Å². The van der Waals surface area contributed by atoms with Gasteiger partial charge in [-0.1, -0.05) is 6.92 Å². The summed E-state index contributed by atoms with van der Waals surface area (Å²) in [5.74, 6) is 0.967. The Hall–Kier alpha value is -2.36. The summed E-state index contributed by atoms with van der Waals surface area (Å²) in [6.45, 7) is 7.04. The van der Waals surface area contributed by atoms with Gasteiger partial charge in [-0.25, -0.2) is 4.58 Å². The van der Waals surface area contributed by atoms with Crippen LogP contribution in [-0.2, 0) is 6.54 Å². The van der Waals surface area contributed by atoms with Crippen LogP contribution in [0.5, 0.6) is 5.75 Å². The zero-order chi connectivity index (χ0) is 16.9. The number of fused-ring (bicyclic) bond motifs is 1. The molecule has 0 spiro atoms. The van der Waals surface area contributed by atoms with Crippen LogP contribution in [0.25, 0.3) is 0 Å². The number of Topliss-reactive ketones (excluding diaryl/α,β-unsaturated/α-hetero) is 1. The molecule has 126 valence electrons. The van der Waals surface area contributed by atoms with E-state index in [1.807, 2.05) is 31.2 Å². The van der Waals surface area contributed by atoms with E-state index in [0.29, 0.717) is 13.2 Å². The molecule has 0 unspecified atom stereocenters. The quantitative estimate of drug-likeness (QED) is 0.578. The van der Waals surface area contributed by atoms with E-state index >= 15 is 0 Å². The van der Waals surface area contributed by atoms with Gasteiger partial charge in [0.25, 0.3) is 0 Å². The molecule has 2 aromatic rings. The molecule has 0 fully saturated rings. The maximum Gasteiger partial charge on any atom is 0.227 e. The fourth-order valence-electron chi connectivity index (χ4n) is 3.26. The van der Waals surface area contributed by atoms with E-state index in [2.05, 4.69) is 34.4 Å². The maximum atomic E-state index is 12.7. The molecular weight excluding hydrogens is 300 g/mol. The molecule has 1 aliphatic heterocycles. The summed E-state index contributed by atoms with van der Waals surface area (Å²) in [5, 5.41) is 0. The van der Waals surface area contributed by atoms with E-state index in [0.717, 1.165) is 37.2 Å². The van der Waals surface area contributed by atoms with Crippen molar-refractivity contribution in [3.63, 3.8) is 0 Å². The fraction of sp³-hybridized carbons (Fsp3) is 0.400. The van der Waals surface area contributed by atoms with Gasteiger partial charge in [0.15, 0.2) is 12.3 Å². The van der Waals surface area contributed by atoms with Crippen molar-refractivity contribution in [3.8, 4) is 5.75 Å². The molecule has 0 aliphatic carbocycles. The number of ether oxygens (including phenoxy) is 1. The number of hydrogen-bond donors (Lipinski definition) is 0.